The first-order chi connectivity index (χ1) is 17.8. The van der Waals surface area contributed by atoms with Crippen molar-refractivity contribution in [2.24, 2.45) is 0 Å². The van der Waals surface area contributed by atoms with E-state index in [9.17, 15) is 0 Å². The smallest absolute Gasteiger partial charge is 0.130 e. The van der Waals surface area contributed by atoms with Gasteiger partial charge in [-0.2, -0.15) is 0 Å². The molecule has 0 bridgehead atoms. The van der Waals surface area contributed by atoms with E-state index in [1.54, 1.807) is 12.4 Å². The summed E-state index contributed by atoms with van der Waals surface area (Å²) >= 11 is 0. The summed E-state index contributed by atoms with van der Waals surface area (Å²) in [7, 11) is 0. The summed E-state index contributed by atoms with van der Waals surface area (Å²) < 4.78 is 6.24. The summed E-state index contributed by atoms with van der Waals surface area (Å²) in [5, 5.41) is 3.19. The number of nitrogens with zero attached hydrogens (tertiary/aromatic N) is 3. The van der Waals surface area contributed by atoms with Crippen LogP contribution in [0, 0.1) is 19.1 Å². The molecular formula is C32H21IrN3O-2. The van der Waals surface area contributed by atoms with Crippen LogP contribution in [-0.2, 0) is 20.1 Å². The summed E-state index contributed by atoms with van der Waals surface area (Å²) in [5.41, 5.74) is 7.56. The molecule has 181 valence electrons. The van der Waals surface area contributed by atoms with Crippen LogP contribution in [0.5, 0.6) is 0 Å². The van der Waals surface area contributed by atoms with Gasteiger partial charge in [-0.1, -0.05) is 35.2 Å². The van der Waals surface area contributed by atoms with Crippen molar-refractivity contribution < 1.29 is 24.5 Å². The molecule has 7 aromatic rings. The molecule has 0 atom stereocenters. The number of pyridine rings is 3. The van der Waals surface area contributed by atoms with Gasteiger partial charge in [0.1, 0.15) is 5.58 Å². The van der Waals surface area contributed by atoms with Gasteiger partial charge in [0.25, 0.3) is 0 Å². The van der Waals surface area contributed by atoms with Crippen LogP contribution in [0.25, 0.3) is 55.4 Å². The van der Waals surface area contributed by atoms with Crippen molar-refractivity contribution in [1.82, 2.24) is 15.0 Å². The molecule has 3 aromatic carbocycles. The number of aromatic nitrogens is 3. The maximum Gasteiger partial charge on any atom is 0.130 e. The summed E-state index contributed by atoms with van der Waals surface area (Å²) in [4.78, 5) is 13.1. The van der Waals surface area contributed by atoms with Crippen molar-refractivity contribution >= 4 is 32.8 Å². The normalized spacial score (nSPS) is 10.6. The van der Waals surface area contributed by atoms with Crippen molar-refractivity contribution in [2.75, 3.05) is 0 Å². The van der Waals surface area contributed by atoms with Crippen LogP contribution >= 0.6 is 0 Å². The number of benzene rings is 3. The fourth-order valence-electron chi connectivity index (χ4n) is 4.23. The molecule has 0 spiro atoms. The Labute approximate surface area is 228 Å². The predicted octanol–water partition coefficient (Wildman–Crippen LogP) is 7.85. The van der Waals surface area contributed by atoms with Crippen LogP contribution in [0.1, 0.15) is 5.56 Å². The van der Waals surface area contributed by atoms with E-state index in [-0.39, 0.29) is 20.1 Å². The Kier molecular flexibility index (Phi) is 7.18. The molecule has 4 heterocycles. The molecular weight excluding hydrogens is 635 g/mol. The van der Waals surface area contributed by atoms with Crippen molar-refractivity contribution in [3.8, 4) is 22.5 Å². The van der Waals surface area contributed by atoms with Crippen LogP contribution in [0.3, 0.4) is 0 Å². The van der Waals surface area contributed by atoms with Crippen LogP contribution in [0.15, 0.2) is 114 Å². The molecule has 0 amide bonds. The minimum atomic E-state index is 0. The summed E-state index contributed by atoms with van der Waals surface area (Å²) in [6.45, 7) is 2.03. The molecule has 4 aromatic heterocycles. The van der Waals surface area contributed by atoms with E-state index in [0.29, 0.717) is 0 Å². The average molecular weight is 656 g/mol. The van der Waals surface area contributed by atoms with Gasteiger partial charge < -0.3 is 14.4 Å². The Morgan fingerprint density at radius 2 is 1.49 bits per heavy atom. The molecule has 0 aliphatic heterocycles. The summed E-state index contributed by atoms with van der Waals surface area (Å²) in [6.07, 6.45) is 5.45. The average Bonchev–Trinajstić information content (AvgIpc) is 3.34. The number of rotatable bonds is 2. The van der Waals surface area contributed by atoms with Gasteiger partial charge in [0.15, 0.2) is 0 Å². The number of fused-ring (bicyclic) bond motifs is 5. The maximum atomic E-state index is 6.24. The molecule has 0 N–H and O–H groups in total. The Balaban J connectivity index is 0.000000172. The standard InChI is InChI=1S/C20H11N2O.C12H10N.Ir/c1-2-11-21-17(8-1)15-6-3-5-13-14-9-10-18-16(7-4-12-22-18)20(14)23-19(13)15;1-10-7-8-12(13-9-10)11-5-3-2-4-6-11;/h1-5,7-12H;2-5,7-9H,1H3;/q2*-1;. The second-order valence-electron chi connectivity index (χ2n) is 8.42. The van der Waals surface area contributed by atoms with E-state index in [2.05, 4.69) is 39.2 Å². The van der Waals surface area contributed by atoms with E-state index in [0.717, 1.165) is 55.4 Å². The molecule has 4 nitrogen and oxygen atoms in total. The molecule has 7 rings (SSSR count). The quantitative estimate of drug-likeness (QED) is 0.178. The molecule has 1 radical (unpaired) electrons. The molecule has 0 aliphatic rings. The van der Waals surface area contributed by atoms with Crippen LogP contribution < -0.4 is 0 Å². The number of hydrogen-bond donors (Lipinski definition) is 0. The van der Waals surface area contributed by atoms with Gasteiger partial charge in [-0.15, -0.1) is 54.1 Å². The Bertz CT molecular complexity index is 1780. The van der Waals surface area contributed by atoms with Gasteiger partial charge in [0, 0.05) is 49.5 Å². The van der Waals surface area contributed by atoms with Gasteiger partial charge >= 0.3 is 0 Å². The van der Waals surface area contributed by atoms with Crippen molar-refractivity contribution in [2.45, 2.75) is 6.92 Å². The third kappa shape index (κ3) is 4.92. The summed E-state index contributed by atoms with van der Waals surface area (Å²) in [6, 6.07) is 36.2. The topological polar surface area (TPSA) is 51.8 Å². The molecule has 0 aliphatic carbocycles. The van der Waals surface area contributed by atoms with Gasteiger partial charge in [-0.3, -0.25) is 4.98 Å². The van der Waals surface area contributed by atoms with Crippen LogP contribution in [-0.4, -0.2) is 15.0 Å². The molecule has 0 saturated heterocycles. The Morgan fingerprint density at radius 3 is 2.27 bits per heavy atom. The minimum Gasteiger partial charge on any atom is -0.500 e. The monoisotopic (exact) mass is 656 g/mol. The first kappa shape index (κ1) is 24.5. The third-order valence-corrected chi connectivity index (χ3v) is 6.00. The van der Waals surface area contributed by atoms with E-state index in [1.807, 2.05) is 92.0 Å². The van der Waals surface area contributed by atoms with E-state index in [1.165, 1.54) is 5.56 Å². The van der Waals surface area contributed by atoms with E-state index < -0.39 is 0 Å². The number of aryl methyl sites for hydroxylation is 1. The number of furan rings is 1. The SMILES string of the molecule is Cc1ccc(-c2[c-]cccc2)nc1.[Ir].[c-]1ccc2c(oc3c4cccnc4ccc23)c1-c1ccccn1. The zero-order valence-electron chi connectivity index (χ0n) is 20.0. The largest absolute Gasteiger partial charge is 0.500 e. The molecule has 0 unspecified atom stereocenters. The van der Waals surface area contributed by atoms with E-state index in [4.69, 9.17) is 4.42 Å². The first-order valence-electron chi connectivity index (χ1n) is 11.7. The van der Waals surface area contributed by atoms with Crippen molar-refractivity contribution in [1.29, 1.82) is 0 Å². The first-order valence-corrected chi connectivity index (χ1v) is 11.7. The zero-order chi connectivity index (χ0) is 24.3. The van der Waals surface area contributed by atoms with E-state index >= 15 is 0 Å². The summed E-state index contributed by atoms with van der Waals surface area (Å²) in [5.74, 6) is 0. The zero-order valence-corrected chi connectivity index (χ0v) is 22.4. The second-order valence-corrected chi connectivity index (χ2v) is 8.42. The molecule has 0 fully saturated rings. The molecule has 5 heteroatoms. The number of hydrogen-bond acceptors (Lipinski definition) is 4. The van der Waals surface area contributed by atoms with Gasteiger partial charge in [-0.25, -0.2) is 0 Å². The molecule has 0 saturated carbocycles. The van der Waals surface area contributed by atoms with Gasteiger partial charge in [0.05, 0.1) is 11.1 Å². The fourth-order valence-corrected chi connectivity index (χ4v) is 4.23. The predicted molar refractivity (Wildman–Crippen MR) is 144 cm³/mol. The third-order valence-electron chi connectivity index (χ3n) is 6.00. The Morgan fingerprint density at radius 1 is 0.622 bits per heavy atom. The van der Waals surface area contributed by atoms with Crippen molar-refractivity contribution in [3.05, 3.63) is 127 Å². The maximum absolute atomic E-state index is 6.24. The Hall–Kier alpha value is -4.18. The molecule has 37 heavy (non-hydrogen) atoms. The second kappa shape index (κ2) is 10.8. The van der Waals surface area contributed by atoms with Gasteiger partial charge in [-0.05, 0) is 54.2 Å². The van der Waals surface area contributed by atoms with Gasteiger partial charge in [0.2, 0.25) is 0 Å². The fraction of sp³-hybridized carbons (Fsp3) is 0.0312. The minimum absolute atomic E-state index is 0. The van der Waals surface area contributed by atoms with Crippen molar-refractivity contribution in [3.63, 3.8) is 0 Å². The van der Waals surface area contributed by atoms with Crippen LogP contribution in [0.4, 0.5) is 0 Å². The van der Waals surface area contributed by atoms with Crippen LogP contribution in [0.2, 0.25) is 0 Å².